The Kier molecular flexibility index (Phi) is 3.88. The summed E-state index contributed by atoms with van der Waals surface area (Å²) in [6.45, 7) is 0.878. The Balaban J connectivity index is 1.97. The van der Waals surface area contributed by atoms with Gasteiger partial charge in [-0.25, -0.2) is 4.39 Å². The van der Waals surface area contributed by atoms with Crippen LogP contribution in [-0.2, 0) is 9.47 Å². The number of aromatic nitrogens is 2. The molecule has 1 aliphatic rings. The number of halogens is 1. The third-order valence-electron chi connectivity index (χ3n) is 4.19. The summed E-state index contributed by atoms with van der Waals surface area (Å²) in [5, 5.41) is 35.0. The molecule has 0 N–H and O–H groups in total. The average molecular weight is 353 g/mol. The second-order valence-electron chi connectivity index (χ2n) is 5.73. The first-order valence-electron chi connectivity index (χ1n) is 7.82. The van der Waals surface area contributed by atoms with Crippen LogP contribution in [0.15, 0.2) is 42.5 Å². The van der Waals surface area contributed by atoms with Crippen LogP contribution >= 0.6 is 0 Å². The van der Waals surface area contributed by atoms with Gasteiger partial charge in [0.05, 0.1) is 18.8 Å². The van der Waals surface area contributed by atoms with E-state index in [4.69, 9.17) is 9.47 Å². The van der Waals surface area contributed by atoms with Crippen LogP contribution < -0.4 is 9.46 Å². The highest BCUT2D eigenvalue weighted by Gasteiger charge is 2.31. The minimum absolute atomic E-state index is 0.0269. The minimum atomic E-state index is -0.609. The SMILES string of the molecule is N#Cc1c(-c2ccc(F)cc2)[n+]([O-])c2ccc(C3OCCO3)cc2[n+]1[O-]. The summed E-state index contributed by atoms with van der Waals surface area (Å²) in [6.07, 6.45) is -0.609. The zero-order valence-corrected chi connectivity index (χ0v) is 13.4. The van der Waals surface area contributed by atoms with Gasteiger partial charge in [0.15, 0.2) is 12.4 Å². The molecule has 0 amide bonds. The van der Waals surface area contributed by atoms with Gasteiger partial charge in [0.1, 0.15) is 5.82 Å². The lowest BCUT2D eigenvalue weighted by atomic mass is 10.1. The number of ether oxygens (including phenoxy) is 2. The lowest BCUT2D eigenvalue weighted by Crippen LogP contribution is -2.43. The summed E-state index contributed by atoms with van der Waals surface area (Å²) in [7, 11) is 0. The normalized spacial score (nSPS) is 14.6. The molecule has 0 aliphatic carbocycles. The molecule has 0 atom stereocenters. The molecule has 0 unspecified atom stereocenters. The number of hydrogen-bond acceptors (Lipinski definition) is 5. The quantitative estimate of drug-likeness (QED) is 0.517. The van der Waals surface area contributed by atoms with Crippen LogP contribution in [0.3, 0.4) is 0 Å². The Bertz CT molecular complexity index is 1040. The smallest absolute Gasteiger partial charge is 0.369 e. The first-order chi connectivity index (χ1) is 12.6. The molecule has 2 heterocycles. The molecule has 26 heavy (non-hydrogen) atoms. The topological polar surface area (TPSA) is 96.1 Å². The summed E-state index contributed by atoms with van der Waals surface area (Å²) in [5.41, 5.74) is 0.466. The Hall–Kier alpha value is -3.28. The number of rotatable bonds is 2. The molecule has 1 fully saturated rings. The number of nitriles is 1. The summed E-state index contributed by atoms with van der Waals surface area (Å²) < 4.78 is 24.9. The standard InChI is InChI=1S/C18H12FN3O4/c19-13-4-1-11(2-5-13)17-16(10-20)21(23)15-9-12(18-25-7-8-26-18)3-6-14(15)22(17)24/h1-6,9,18H,7-8H2. The monoisotopic (exact) mass is 353 g/mol. The van der Waals surface area contributed by atoms with E-state index in [-0.39, 0.29) is 28.0 Å². The fourth-order valence-electron chi connectivity index (χ4n) is 2.97. The first-order valence-corrected chi connectivity index (χ1v) is 7.82. The molecule has 0 bridgehead atoms. The molecule has 7 nitrogen and oxygen atoms in total. The van der Waals surface area contributed by atoms with Crippen LogP contribution in [0.1, 0.15) is 17.5 Å². The maximum absolute atomic E-state index is 13.2. The van der Waals surface area contributed by atoms with Gasteiger partial charge in [0.2, 0.25) is 0 Å². The van der Waals surface area contributed by atoms with Gasteiger partial charge in [-0.2, -0.15) is 9.99 Å². The fraction of sp³-hybridized carbons (Fsp3) is 0.167. The third kappa shape index (κ3) is 2.50. The summed E-state index contributed by atoms with van der Waals surface area (Å²) >= 11 is 0. The first kappa shape index (κ1) is 16.2. The van der Waals surface area contributed by atoms with E-state index in [1.807, 2.05) is 0 Å². The van der Waals surface area contributed by atoms with Gasteiger partial charge in [-0.3, -0.25) is 0 Å². The summed E-state index contributed by atoms with van der Waals surface area (Å²) in [5.74, 6) is -0.485. The molecule has 0 spiro atoms. The molecule has 0 saturated carbocycles. The Morgan fingerprint density at radius 2 is 1.69 bits per heavy atom. The predicted molar refractivity (Wildman–Crippen MR) is 86.6 cm³/mol. The average Bonchev–Trinajstić information content (AvgIpc) is 3.20. The van der Waals surface area contributed by atoms with Gasteiger partial charge in [-0.05, 0) is 30.3 Å². The van der Waals surface area contributed by atoms with Crippen LogP contribution in [0.4, 0.5) is 4.39 Å². The molecule has 4 rings (SSSR count). The molecule has 1 aliphatic heterocycles. The number of nitrogens with zero attached hydrogens (tertiary/aromatic N) is 3. The van der Waals surface area contributed by atoms with Crippen molar-refractivity contribution in [3.05, 3.63) is 70.0 Å². The molecule has 2 aromatic carbocycles. The van der Waals surface area contributed by atoms with Crippen LogP contribution in [-0.4, -0.2) is 13.2 Å². The van der Waals surface area contributed by atoms with Crippen molar-refractivity contribution in [2.75, 3.05) is 13.2 Å². The molecule has 0 radical (unpaired) electrons. The van der Waals surface area contributed by atoms with Gasteiger partial charge in [-0.1, -0.05) is 0 Å². The number of benzene rings is 2. The van der Waals surface area contributed by atoms with Crippen LogP contribution in [0.5, 0.6) is 0 Å². The maximum Gasteiger partial charge on any atom is 0.369 e. The fourth-order valence-corrected chi connectivity index (χ4v) is 2.97. The minimum Gasteiger partial charge on any atom is -0.617 e. The number of fused-ring (bicyclic) bond motifs is 1. The Morgan fingerprint density at radius 1 is 1.00 bits per heavy atom. The molecule has 130 valence electrons. The van der Waals surface area contributed by atoms with Gasteiger partial charge in [0, 0.05) is 17.7 Å². The van der Waals surface area contributed by atoms with E-state index in [0.29, 0.717) is 28.2 Å². The van der Waals surface area contributed by atoms with Crippen molar-refractivity contribution in [1.82, 2.24) is 0 Å². The number of hydrogen-bond donors (Lipinski definition) is 0. The van der Waals surface area contributed by atoms with Crippen molar-refractivity contribution in [1.29, 1.82) is 5.26 Å². The molecule has 1 saturated heterocycles. The van der Waals surface area contributed by atoms with Gasteiger partial charge >= 0.3 is 11.4 Å². The van der Waals surface area contributed by atoms with Gasteiger partial charge in [-0.15, -0.1) is 4.73 Å². The van der Waals surface area contributed by atoms with Crippen molar-refractivity contribution >= 4 is 11.0 Å². The maximum atomic E-state index is 13.2. The summed E-state index contributed by atoms with van der Waals surface area (Å²) in [4.78, 5) is 0. The van der Waals surface area contributed by atoms with E-state index in [1.54, 1.807) is 12.1 Å². The molecule has 1 aromatic heterocycles. The van der Waals surface area contributed by atoms with Gasteiger partial charge < -0.3 is 19.9 Å². The summed E-state index contributed by atoms with van der Waals surface area (Å²) in [6, 6.07) is 11.4. The predicted octanol–water partition coefficient (Wildman–Crippen LogP) is 1.83. The van der Waals surface area contributed by atoms with Crippen LogP contribution in [0, 0.1) is 27.6 Å². The Labute approximate surface area is 147 Å². The third-order valence-corrected chi connectivity index (χ3v) is 4.19. The van der Waals surface area contributed by atoms with Gasteiger partial charge in [0.25, 0.3) is 11.0 Å². The van der Waals surface area contributed by atoms with E-state index < -0.39 is 12.1 Å². The second kappa shape index (κ2) is 6.22. The van der Waals surface area contributed by atoms with Crippen molar-refractivity contribution in [3.8, 4) is 17.3 Å². The lowest BCUT2D eigenvalue weighted by Gasteiger charge is -2.12. The van der Waals surface area contributed by atoms with Crippen LogP contribution in [0.25, 0.3) is 22.3 Å². The zero-order chi connectivity index (χ0) is 18.3. The molecule has 3 aromatic rings. The van der Waals surface area contributed by atoms with Crippen LogP contribution in [0.2, 0.25) is 0 Å². The highest BCUT2D eigenvalue weighted by atomic mass is 19.1. The molecular weight excluding hydrogens is 341 g/mol. The largest absolute Gasteiger partial charge is 0.617 e. The van der Waals surface area contributed by atoms with Crippen molar-refractivity contribution in [2.24, 2.45) is 0 Å². The zero-order valence-electron chi connectivity index (χ0n) is 13.4. The van der Waals surface area contributed by atoms with E-state index in [1.165, 1.54) is 24.3 Å². The molecular formula is C18H12FN3O4. The Morgan fingerprint density at radius 3 is 2.35 bits per heavy atom. The van der Waals surface area contributed by atoms with E-state index >= 15 is 0 Å². The van der Waals surface area contributed by atoms with Crippen molar-refractivity contribution < 1.29 is 23.3 Å². The second-order valence-corrected chi connectivity index (χ2v) is 5.73. The van der Waals surface area contributed by atoms with Crippen molar-refractivity contribution in [3.63, 3.8) is 0 Å². The lowest BCUT2D eigenvalue weighted by molar-refractivity contribution is -0.622. The highest BCUT2D eigenvalue weighted by Crippen LogP contribution is 2.26. The molecule has 8 heteroatoms. The highest BCUT2D eigenvalue weighted by molar-refractivity contribution is 5.72. The van der Waals surface area contributed by atoms with E-state index in [9.17, 15) is 20.1 Å². The van der Waals surface area contributed by atoms with E-state index in [0.717, 1.165) is 12.1 Å². The van der Waals surface area contributed by atoms with E-state index in [2.05, 4.69) is 0 Å². The van der Waals surface area contributed by atoms with Crippen molar-refractivity contribution in [2.45, 2.75) is 6.29 Å².